The fourth-order valence-corrected chi connectivity index (χ4v) is 2.77. The van der Waals surface area contributed by atoms with Crippen LogP contribution < -0.4 is 5.43 Å². The van der Waals surface area contributed by atoms with E-state index in [1.807, 2.05) is 60.3 Å². The standard InChI is InChI=1S/C19H16N4/c1-23-18-12-5-4-11-17(18)21-19(23)22-20-13-15-9-6-8-14-7-2-3-10-16(14)15/h2-13H,1H3,(H,21,22)/b20-13-. The average molecular weight is 300 g/mol. The summed E-state index contributed by atoms with van der Waals surface area (Å²) in [6.07, 6.45) is 1.84. The van der Waals surface area contributed by atoms with Gasteiger partial charge in [-0.05, 0) is 22.9 Å². The number of aromatic nitrogens is 2. The van der Waals surface area contributed by atoms with E-state index in [0.717, 1.165) is 22.5 Å². The summed E-state index contributed by atoms with van der Waals surface area (Å²) in [5.41, 5.74) is 6.15. The Kier molecular flexibility index (Phi) is 3.27. The number of para-hydroxylation sites is 2. The predicted molar refractivity (Wildman–Crippen MR) is 95.9 cm³/mol. The van der Waals surface area contributed by atoms with E-state index in [-0.39, 0.29) is 0 Å². The van der Waals surface area contributed by atoms with Crippen molar-refractivity contribution in [1.29, 1.82) is 0 Å². The molecule has 0 aliphatic carbocycles. The van der Waals surface area contributed by atoms with Crippen LogP contribution >= 0.6 is 0 Å². The van der Waals surface area contributed by atoms with Gasteiger partial charge in [0.25, 0.3) is 0 Å². The van der Waals surface area contributed by atoms with Gasteiger partial charge in [-0.25, -0.2) is 10.4 Å². The normalized spacial score (nSPS) is 11.5. The molecule has 4 heteroatoms. The second-order valence-electron chi connectivity index (χ2n) is 5.42. The molecule has 0 spiro atoms. The molecule has 4 rings (SSSR count). The zero-order valence-corrected chi connectivity index (χ0v) is 12.8. The Morgan fingerprint density at radius 3 is 2.65 bits per heavy atom. The van der Waals surface area contributed by atoms with E-state index in [2.05, 4.69) is 39.8 Å². The number of nitrogens with zero attached hydrogens (tertiary/aromatic N) is 3. The first-order chi connectivity index (χ1) is 11.3. The number of fused-ring (bicyclic) bond motifs is 2. The number of nitrogens with one attached hydrogen (secondary N) is 1. The van der Waals surface area contributed by atoms with E-state index in [9.17, 15) is 0 Å². The quantitative estimate of drug-likeness (QED) is 0.456. The van der Waals surface area contributed by atoms with Crippen LogP contribution in [-0.4, -0.2) is 15.8 Å². The van der Waals surface area contributed by atoms with E-state index in [1.165, 1.54) is 10.8 Å². The number of imidazole rings is 1. The molecule has 0 radical (unpaired) electrons. The van der Waals surface area contributed by atoms with Gasteiger partial charge < -0.3 is 4.57 Å². The van der Waals surface area contributed by atoms with Crippen LogP contribution in [0.15, 0.2) is 71.8 Å². The van der Waals surface area contributed by atoms with Crippen LogP contribution in [0.1, 0.15) is 5.56 Å². The number of rotatable bonds is 3. The van der Waals surface area contributed by atoms with Crippen molar-refractivity contribution >= 4 is 34.0 Å². The first kappa shape index (κ1) is 13.5. The van der Waals surface area contributed by atoms with Gasteiger partial charge in [-0.2, -0.15) is 5.10 Å². The van der Waals surface area contributed by atoms with E-state index in [4.69, 9.17) is 0 Å². The molecule has 0 amide bonds. The highest BCUT2D eigenvalue weighted by Crippen LogP contribution is 2.18. The molecule has 1 heterocycles. The van der Waals surface area contributed by atoms with Gasteiger partial charge in [0, 0.05) is 12.6 Å². The maximum Gasteiger partial charge on any atom is 0.224 e. The van der Waals surface area contributed by atoms with Crippen molar-refractivity contribution < 1.29 is 0 Å². The minimum Gasteiger partial charge on any atom is -0.312 e. The third-order valence-corrected chi connectivity index (χ3v) is 3.98. The van der Waals surface area contributed by atoms with Crippen LogP contribution in [0.4, 0.5) is 5.95 Å². The lowest BCUT2D eigenvalue weighted by atomic mass is 10.1. The van der Waals surface area contributed by atoms with E-state index < -0.39 is 0 Å². The van der Waals surface area contributed by atoms with Crippen LogP contribution in [0.25, 0.3) is 21.8 Å². The Bertz CT molecular complexity index is 1010. The first-order valence-electron chi connectivity index (χ1n) is 7.51. The van der Waals surface area contributed by atoms with Crippen molar-refractivity contribution in [2.75, 3.05) is 5.43 Å². The summed E-state index contributed by atoms with van der Waals surface area (Å²) in [7, 11) is 1.98. The predicted octanol–water partition coefficient (Wildman–Crippen LogP) is 4.17. The Morgan fingerprint density at radius 2 is 1.74 bits per heavy atom. The van der Waals surface area contributed by atoms with Crippen molar-refractivity contribution in [3.8, 4) is 0 Å². The minimum atomic E-state index is 0.725. The van der Waals surface area contributed by atoms with Crippen LogP contribution in [-0.2, 0) is 7.05 Å². The van der Waals surface area contributed by atoms with E-state index in [1.54, 1.807) is 0 Å². The summed E-state index contributed by atoms with van der Waals surface area (Å²) in [5.74, 6) is 0.725. The molecule has 4 nitrogen and oxygen atoms in total. The van der Waals surface area contributed by atoms with Gasteiger partial charge in [-0.3, -0.25) is 0 Å². The fourth-order valence-electron chi connectivity index (χ4n) is 2.77. The van der Waals surface area contributed by atoms with Crippen molar-refractivity contribution in [3.05, 3.63) is 72.3 Å². The van der Waals surface area contributed by atoms with Gasteiger partial charge in [0.05, 0.1) is 17.2 Å². The number of benzene rings is 3. The van der Waals surface area contributed by atoms with Crippen molar-refractivity contribution in [2.24, 2.45) is 12.1 Å². The van der Waals surface area contributed by atoms with E-state index in [0.29, 0.717) is 0 Å². The van der Waals surface area contributed by atoms with Crippen LogP contribution in [0.3, 0.4) is 0 Å². The highest BCUT2D eigenvalue weighted by atomic mass is 15.4. The zero-order chi connectivity index (χ0) is 15.6. The molecule has 0 unspecified atom stereocenters. The molecule has 23 heavy (non-hydrogen) atoms. The maximum atomic E-state index is 4.54. The lowest BCUT2D eigenvalue weighted by Crippen LogP contribution is -1.98. The summed E-state index contributed by atoms with van der Waals surface area (Å²) in [4.78, 5) is 4.54. The molecule has 0 saturated carbocycles. The lowest BCUT2D eigenvalue weighted by Gasteiger charge is -2.02. The van der Waals surface area contributed by atoms with E-state index >= 15 is 0 Å². The SMILES string of the molecule is Cn1c(N/N=C\c2cccc3ccccc23)nc2ccccc21. The third-order valence-electron chi connectivity index (χ3n) is 3.98. The van der Waals surface area contributed by atoms with Gasteiger partial charge in [-0.1, -0.05) is 54.6 Å². The molecular formula is C19H16N4. The molecular weight excluding hydrogens is 284 g/mol. The topological polar surface area (TPSA) is 42.2 Å². The van der Waals surface area contributed by atoms with Crippen LogP contribution in [0, 0.1) is 0 Å². The number of hydrogen-bond acceptors (Lipinski definition) is 3. The fraction of sp³-hybridized carbons (Fsp3) is 0.0526. The number of anilines is 1. The highest BCUT2D eigenvalue weighted by Gasteiger charge is 2.05. The van der Waals surface area contributed by atoms with Gasteiger partial charge in [-0.15, -0.1) is 0 Å². The number of hydrazone groups is 1. The van der Waals surface area contributed by atoms with Gasteiger partial charge >= 0.3 is 0 Å². The summed E-state index contributed by atoms with van der Waals surface area (Å²) in [6.45, 7) is 0. The Balaban J connectivity index is 1.64. The smallest absolute Gasteiger partial charge is 0.224 e. The summed E-state index contributed by atoms with van der Waals surface area (Å²) < 4.78 is 2.00. The van der Waals surface area contributed by atoms with Crippen molar-refractivity contribution in [2.45, 2.75) is 0 Å². The zero-order valence-electron chi connectivity index (χ0n) is 12.8. The molecule has 1 N–H and O–H groups in total. The van der Waals surface area contributed by atoms with Crippen molar-refractivity contribution in [3.63, 3.8) is 0 Å². The Morgan fingerprint density at radius 1 is 0.957 bits per heavy atom. The molecule has 0 atom stereocenters. The molecule has 0 bridgehead atoms. The molecule has 4 aromatic rings. The highest BCUT2D eigenvalue weighted by molar-refractivity contribution is 5.99. The largest absolute Gasteiger partial charge is 0.312 e. The minimum absolute atomic E-state index is 0.725. The monoisotopic (exact) mass is 300 g/mol. The van der Waals surface area contributed by atoms with Crippen LogP contribution in [0.2, 0.25) is 0 Å². The van der Waals surface area contributed by atoms with Crippen LogP contribution in [0.5, 0.6) is 0 Å². The molecule has 0 saturated heterocycles. The van der Waals surface area contributed by atoms with Gasteiger partial charge in [0.1, 0.15) is 0 Å². The maximum absolute atomic E-state index is 4.54. The summed E-state index contributed by atoms with van der Waals surface area (Å²) in [6, 6.07) is 22.5. The van der Waals surface area contributed by atoms with Gasteiger partial charge in [0.15, 0.2) is 0 Å². The van der Waals surface area contributed by atoms with Crippen molar-refractivity contribution in [1.82, 2.24) is 9.55 Å². The molecule has 3 aromatic carbocycles. The summed E-state index contributed by atoms with van der Waals surface area (Å²) >= 11 is 0. The summed E-state index contributed by atoms with van der Waals surface area (Å²) in [5, 5.41) is 6.75. The molecule has 0 fully saturated rings. The number of hydrogen-bond donors (Lipinski definition) is 1. The molecule has 112 valence electrons. The third kappa shape index (κ3) is 2.44. The Labute approximate surface area is 134 Å². The average Bonchev–Trinajstić information content (AvgIpc) is 2.92. The molecule has 0 aliphatic heterocycles. The molecule has 1 aromatic heterocycles. The van der Waals surface area contributed by atoms with Gasteiger partial charge in [0.2, 0.25) is 5.95 Å². The second kappa shape index (κ2) is 5.57. The lowest BCUT2D eigenvalue weighted by molar-refractivity contribution is 0.943. The second-order valence-corrected chi connectivity index (χ2v) is 5.42. The molecule has 0 aliphatic rings. The Hall–Kier alpha value is -3.14. The number of aryl methyl sites for hydroxylation is 1. The first-order valence-corrected chi connectivity index (χ1v) is 7.51.